The Morgan fingerprint density at radius 1 is 1.36 bits per heavy atom. The van der Waals surface area contributed by atoms with Gasteiger partial charge in [-0.1, -0.05) is 6.92 Å². The van der Waals surface area contributed by atoms with Crippen molar-refractivity contribution in [1.82, 2.24) is 4.90 Å². The second-order valence-electron chi connectivity index (χ2n) is 3.41. The Kier molecular flexibility index (Phi) is 8.57. The van der Waals surface area contributed by atoms with Gasteiger partial charge >= 0.3 is 0 Å². The summed E-state index contributed by atoms with van der Waals surface area (Å²) in [6.07, 6.45) is 2.94. The van der Waals surface area contributed by atoms with E-state index in [2.05, 4.69) is 11.8 Å². The number of nitrogens with two attached hydrogens (primary N) is 1. The van der Waals surface area contributed by atoms with Crippen LogP contribution in [0.15, 0.2) is 0 Å². The molecule has 3 N–H and O–H groups in total. The molecule has 0 aliphatic carbocycles. The average molecular weight is 201 g/mol. The fourth-order valence-electron chi connectivity index (χ4n) is 1.29. The molecule has 0 rings (SSSR count). The molecule has 0 aliphatic heterocycles. The van der Waals surface area contributed by atoms with Crippen LogP contribution in [0.5, 0.6) is 0 Å². The van der Waals surface area contributed by atoms with Crippen molar-refractivity contribution in [3.63, 3.8) is 0 Å². The third-order valence-electron chi connectivity index (χ3n) is 2.22. The van der Waals surface area contributed by atoms with Gasteiger partial charge in [0.25, 0.3) is 0 Å². The fraction of sp³-hybridized carbons (Fsp3) is 0.900. The first-order valence-corrected chi connectivity index (χ1v) is 5.24. The van der Waals surface area contributed by atoms with Crippen molar-refractivity contribution >= 4 is 5.84 Å². The highest BCUT2D eigenvalue weighted by molar-refractivity contribution is 5.76. The lowest BCUT2D eigenvalue weighted by Gasteiger charge is -2.19. The van der Waals surface area contributed by atoms with E-state index in [-0.39, 0.29) is 5.84 Å². The van der Waals surface area contributed by atoms with E-state index >= 15 is 0 Å². The molecule has 0 spiro atoms. The number of ether oxygens (including phenoxy) is 1. The van der Waals surface area contributed by atoms with E-state index in [0.717, 1.165) is 39.1 Å². The summed E-state index contributed by atoms with van der Waals surface area (Å²) < 4.78 is 4.98. The van der Waals surface area contributed by atoms with Crippen LogP contribution in [0.4, 0.5) is 0 Å². The third kappa shape index (κ3) is 8.01. The second kappa shape index (κ2) is 8.97. The van der Waals surface area contributed by atoms with Crippen LogP contribution in [0.25, 0.3) is 0 Å². The van der Waals surface area contributed by atoms with Crippen LogP contribution < -0.4 is 5.73 Å². The van der Waals surface area contributed by atoms with Crippen molar-refractivity contribution in [3.05, 3.63) is 0 Å². The molecular formula is C10H23N3O. The van der Waals surface area contributed by atoms with E-state index in [1.807, 2.05) is 0 Å². The average Bonchev–Trinajstić information content (AvgIpc) is 2.16. The zero-order valence-corrected chi connectivity index (χ0v) is 9.38. The number of methoxy groups -OCH3 is 1. The van der Waals surface area contributed by atoms with Gasteiger partial charge in [-0.15, -0.1) is 0 Å². The van der Waals surface area contributed by atoms with Gasteiger partial charge in [0.2, 0.25) is 0 Å². The molecule has 0 unspecified atom stereocenters. The first-order valence-electron chi connectivity index (χ1n) is 5.24. The normalized spacial score (nSPS) is 10.8. The van der Waals surface area contributed by atoms with Gasteiger partial charge in [0, 0.05) is 26.7 Å². The lowest BCUT2D eigenvalue weighted by molar-refractivity contribution is 0.185. The molecule has 0 saturated carbocycles. The Balaban J connectivity index is 3.42. The first kappa shape index (κ1) is 13.4. The molecule has 0 bridgehead atoms. The Labute approximate surface area is 86.9 Å². The standard InChI is InChI=1S/C10H23N3O/c1-3-13(8-6-10(11)12)7-4-5-9-14-2/h3-9H2,1-2H3,(H3,11,12). The van der Waals surface area contributed by atoms with E-state index in [9.17, 15) is 0 Å². The summed E-state index contributed by atoms with van der Waals surface area (Å²) in [7, 11) is 1.73. The minimum Gasteiger partial charge on any atom is -0.388 e. The molecule has 4 nitrogen and oxygen atoms in total. The third-order valence-corrected chi connectivity index (χ3v) is 2.22. The largest absolute Gasteiger partial charge is 0.388 e. The summed E-state index contributed by atoms with van der Waals surface area (Å²) in [6.45, 7) is 5.98. The number of nitrogens with zero attached hydrogens (tertiary/aromatic N) is 1. The molecule has 0 aromatic heterocycles. The van der Waals surface area contributed by atoms with Gasteiger partial charge < -0.3 is 15.4 Å². The van der Waals surface area contributed by atoms with Crippen LogP contribution in [0.3, 0.4) is 0 Å². The van der Waals surface area contributed by atoms with E-state index in [1.54, 1.807) is 7.11 Å². The predicted molar refractivity (Wildman–Crippen MR) is 59.8 cm³/mol. The van der Waals surface area contributed by atoms with Crippen molar-refractivity contribution in [2.24, 2.45) is 5.73 Å². The molecule has 0 radical (unpaired) electrons. The Morgan fingerprint density at radius 3 is 2.57 bits per heavy atom. The number of amidine groups is 1. The van der Waals surface area contributed by atoms with E-state index < -0.39 is 0 Å². The van der Waals surface area contributed by atoms with Gasteiger partial charge in [-0.05, 0) is 25.9 Å². The summed E-state index contributed by atoms with van der Waals surface area (Å²) in [6, 6.07) is 0. The van der Waals surface area contributed by atoms with Crippen LogP contribution >= 0.6 is 0 Å². The molecule has 84 valence electrons. The zero-order chi connectivity index (χ0) is 10.8. The van der Waals surface area contributed by atoms with Gasteiger partial charge in [0.1, 0.15) is 0 Å². The van der Waals surface area contributed by atoms with Crippen molar-refractivity contribution in [3.8, 4) is 0 Å². The van der Waals surface area contributed by atoms with E-state index in [1.165, 1.54) is 0 Å². The number of rotatable bonds is 9. The fourth-order valence-corrected chi connectivity index (χ4v) is 1.29. The smallest absolute Gasteiger partial charge is 0.0918 e. The molecule has 4 heteroatoms. The highest BCUT2D eigenvalue weighted by Gasteiger charge is 2.02. The molecule has 0 saturated heterocycles. The van der Waals surface area contributed by atoms with Crippen LogP contribution in [-0.2, 0) is 4.74 Å². The van der Waals surface area contributed by atoms with Crippen LogP contribution in [-0.4, -0.2) is 44.1 Å². The maximum absolute atomic E-state index is 7.14. The van der Waals surface area contributed by atoms with Crippen LogP contribution in [0.1, 0.15) is 26.2 Å². The number of hydrogen-bond donors (Lipinski definition) is 2. The number of nitrogens with one attached hydrogen (secondary N) is 1. The lowest BCUT2D eigenvalue weighted by atomic mass is 10.3. The van der Waals surface area contributed by atoms with Crippen molar-refractivity contribution in [1.29, 1.82) is 5.41 Å². The molecule has 0 fully saturated rings. The van der Waals surface area contributed by atoms with Gasteiger partial charge in [0.15, 0.2) is 0 Å². The second-order valence-corrected chi connectivity index (χ2v) is 3.41. The molecule has 14 heavy (non-hydrogen) atoms. The van der Waals surface area contributed by atoms with Crippen molar-refractivity contribution in [2.45, 2.75) is 26.2 Å². The molecule has 0 aromatic carbocycles. The molecule has 0 amide bonds. The van der Waals surface area contributed by atoms with Crippen molar-refractivity contribution in [2.75, 3.05) is 33.4 Å². The first-order chi connectivity index (χ1) is 6.70. The molecule has 0 aliphatic rings. The summed E-state index contributed by atoms with van der Waals surface area (Å²) in [5.41, 5.74) is 5.31. The van der Waals surface area contributed by atoms with Gasteiger partial charge in [-0.2, -0.15) is 0 Å². The van der Waals surface area contributed by atoms with E-state index in [0.29, 0.717) is 6.42 Å². The summed E-state index contributed by atoms with van der Waals surface area (Å²) in [5.74, 6) is 0.278. The number of unbranched alkanes of at least 4 members (excludes halogenated alkanes) is 1. The monoisotopic (exact) mass is 201 g/mol. The van der Waals surface area contributed by atoms with Crippen LogP contribution in [0.2, 0.25) is 0 Å². The Morgan fingerprint density at radius 2 is 2.07 bits per heavy atom. The van der Waals surface area contributed by atoms with Crippen molar-refractivity contribution < 1.29 is 4.74 Å². The summed E-state index contributed by atoms with van der Waals surface area (Å²) >= 11 is 0. The maximum Gasteiger partial charge on any atom is 0.0918 e. The van der Waals surface area contributed by atoms with E-state index in [4.69, 9.17) is 15.9 Å². The highest BCUT2D eigenvalue weighted by Crippen LogP contribution is 1.97. The molecule has 0 heterocycles. The van der Waals surface area contributed by atoms with Gasteiger partial charge in [0.05, 0.1) is 5.84 Å². The summed E-state index contributed by atoms with van der Waals surface area (Å²) in [5, 5.41) is 7.14. The highest BCUT2D eigenvalue weighted by atomic mass is 16.5. The topological polar surface area (TPSA) is 62.3 Å². The van der Waals surface area contributed by atoms with Gasteiger partial charge in [-0.25, -0.2) is 0 Å². The predicted octanol–water partition coefficient (Wildman–Crippen LogP) is 1.06. The molecule has 0 atom stereocenters. The van der Waals surface area contributed by atoms with Gasteiger partial charge in [-0.3, -0.25) is 5.41 Å². The molecule has 0 aromatic rings. The molecular weight excluding hydrogens is 178 g/mol. The minimum atomic E-state index is 0.278. The Hall–Kier alpha value is -0.610. The Bertz CT molecular complexity index is 150. The number of hydrogen-bond acceptors (Lipinski definition) is 3. The SMILES string of the molecule is CCN(CCCCOC)CCC(=N)N. The summed E-state index contributed by atoms with van der Waals surface area (Å²) in [4.78, 5) is 2.32. The zero-order valence-electron chi connectivity index (χ0n) is 9.38. The lowest BCUT2D eigenvalue weighted by Crippen LogP contribution is -2.28. The van der Waals surface area contributed by atoms with Crippen LogP contribution in [0, 0.1) is 5.41 Å². The minimum absolute atomic E-state index is 0.278. The quantitative estimate of drug-likeness (QED) is 0.333. The maximum atomic E-state index is 7.14.